The molecule has 0 aromatic carbocycles. The van der Waals surface area contributed by atoms with Crippen molar-refractivity contribution in [3.05, 3.63) is 47.6 Å². The van der Waals surface area contributed by atoms with E-state index in [-0.39, 0.29) is 31.9 Å². The van der Waals surface area contributed by atoms with Crippen molar-refractivity contribution in [2.45, 2.75) is 18.9 Å². The van der Waals surface area contributed by atoms with Crippen LogP contribution < -0.4 is 0 Å². The number of hydrogen-bond donors (Lipinski definition) is 0. The summed E-state index contributed by atoms with van der Waals surface area (Å²) >= 11 is 5.49. The predicted octanol–water partition coefficient (Wildman–Crippen LogP) is 3.30. The first-order valence-electron chi connectivity index (χ1n) is 4.40. The molecule has 14 heavy (non-hydrogen) atoms. The van der Waals surface area contributed by atoms with Crippen molar-refractivity contribution >= 4 is 11.9 Å². The maximum Gasteiger partial charge on any atom is 0.122 e. The van der Waals surface area contributed by atoms with Crippen molar-refractivity contribution in [1.29, 1.82) is 0 Å². The molecular formula is C11H11ClHfO. The van der Waals surface area contributed by atoms with Gasteiger partial charge in [-0.15, -0.1) is 0 Å². The minimum absolute atomic E-state index is 0. The maximum atomic E-state index is 5.49. The van der Waals surface area contributed by atoms with E-state index in [1.807, 2.05) is 12.2 Å². The first-order chi connectivity index (χ1) is 6.42. The fourth-order valence-corrected chi connectivity index (χ4v) is 1.90. The molecule has 0 saturated heterocycles. The number of halogens is 1. The topological polar surface area (TPSA) is 9.23 Å². The molecule has 0 radical (unpaired) electrons. The molecule has 0 bridgehead atoms. The Morgan fingerprint density at radius 3 is 1.86 bits per heavy atom. The third kappa shape index (κ3) is 2.56. The monoisotopic (exact) mass is 374 g/mol. The third-order valence-electron chi connectivity index (χ3n) is 2.36. The second kappa shape index (κ2) is 5.84. The van der Waals surface area contributed by atoms with E-state index in [0.717, 1.165) is 12.8 Å². The van der Waals surface area contributed by atoms with Crippen LogP contribution in [-0.4, -0.2) is 6.10 Å². The van der Waals surface area contributed by atoms with Crippen molar-refractivity contribution < 1.29 is 30.1 Å². The number of allylic oxidation sites excluding steroid dienone is 6. The van der Waals surface area contributed by atoms with Gasteiger partial charge in [0.05, 0.1) is 11.9 Å². The van der Waals surface area contributed by atoms with E-state index < -0.39 is 0 Å². The first kappa shape index (κ1) is 12.2. The van der Waals surface area contributed by atoms with Gasteiger partial charge in [-0.2, -0.15) is 0 Å². The Bertz CT molecular complexity index is 285. The maximum absolute atomic E-state index is 5.49. The van der Waals surface area contributed by atoms with Crippen LogP contribution in [0.1, 0.15) is 12.8 Å². The van der Waals surface area contributed by atoms with E-state index in [4.69, 9.17) is 16.2 Å². The largest absolute Gasteiger partial charge is 0.267 e. The van der Waals surface area contributed by atoms with Crippen LogP contribution in [0.15, 0.2) is 47.6 Å². The van der Waals surface area contributed by atoms with Crippen molar-refractivity contribution in [2.24, 2.45) is 0 Å². The van der Waals surface area contributed by atoms with E-state index in [2.05, 4.69) is 24.3 Å². The molecule has 0 heterocycles. The van der Waals surface area contributed by atoms with Crippen LogP contribution in [0.25, 0.3) is 0 Å². The van der Waals surface area contributed by atoms with Crippen molar-refractivity contribution in [3.63, 3.8) is 0 Å². The van der Waals surface area contributed by atoms with Gasteiger partial charge in [-0.05, 0) is 24.0 Å². The van der Waals surface area contributed by atoms with E-state index in [1.165, 1.54) is 11.1 Å². The minimum atomic E-state index is -0.0355. The molecule has 2 rings (SSSR count). The molecular weight excluding hydrogens is 362 g/mol. The van der Waals surface area contributed by atoms with E-state index in [1.54, 1.807) is 0 Å². The molecule has 0 spiro atoms. The molecule has 0 aromatic heterocycles. The van der Waals surface area contributed by atoms with Gasteiger partial charge in [-0.25, -0.2) is 0 Å². The quantitative estimate of drug-likeness (QED) is 0.690. The molecule has 0 aliphatic heterocycles. The summed E-state index contributed by atoms with van der Waals surface area (Å²) in [5, 5.41) is 0. The molecule has 0 aromatic rings. The van der Waals surface area contributed by atoms with E-state index in [9.17, 15) is 0 Å². The Labute approximate surface area is 108 Å². The third-order valence-corrected chi connectivity index (χ3v) is 2.54. The van der Waals surface area contributed by atoms with Crippen molar-refractivity contribution in [2.75, 3.05) is 0 Å². The molecule has 0 unspecified atom stereocenters. The van der Waals surface area contributed by atoms with Gasteiger partial charge in [0.2, 0.25) is 0 Å². The van der Waals surface area contributed by atoms with Gasteiger partial charge in [-0.1, -0.05) is 36.5 Å². The summed E-state index contributed by atoms with van der Waals surface area (Å²) < 4.78 is 4.97. The average molecular weight is 373 g/mol. The molecule has 0 saturated carbocycles. The predicted molar refractivity (Wildman–Crippen MR) is 54.4 cm³/mol. The van der Waals surface area contributed by atoms with Crippen LogP contribution in [0.3, 0.4) is 0 Å². The normalized spacial score (nSPS) is 18.4. The van der Waals surface area contributed by atoms with Gasteiger partial charge >= 0.3 is 0 Å². The molecule has 2 aliphatic carbocycles. The Hall–Kier alpha value is 0.0801. The fraction of sp³-hybridized carbons (Fsp3) is 0.273. The Kier molecular flexibility index (Phi) is 5.07. The summed E-state index contributed by atoms with van der Waals surface area (Å²) in [5.41, 5.74) is 2.48. The van der Waals surface area contributed by atoms with Gasteiger partial charge in [0.1, 0.15) is 6.10 Å². The zero-order valence-corrected chi connectivity index (χ0v) is 12.1. The summed E-state index contributed by atoms with van der Waals surface area (Å²) in [6, 6.07) is 0. The number of hydrogen-bond acceptors (Lipinski definition) is 1. The zero-order chi connectivity index (χ0) is 9.10. The minimum Gasteiger partial charge on any atom is -0.267 e. The molecule has 0 atom stereocenters. The smallest absolute Gasteiger partial charge is 0.122 e. The molecule has 2 aliphatic rings. The van der Waals surface area contributed by atoms with Gasteiger partial charge in [0.15, 0.2) is 0 Å². The van der Waals surface area contributed by atoms with E-state index in [0.29, 0.717) is 0 Å². The van der Waals surface area contributed by atoms with Gasteiger partial charge in [0.25, 0.3) is 0 Å². The van der Waals surface area contributed by atoms with Crippen LogP contribution in [0.2, 0.25) is 0 Å². The van der Waals surface area contributed by atoms with Crippen LogP contribution >= 0.6 is 11.9 Å². The van der Waals surface area contributed by atoms with Crippen LogP contribution in [0.4, 0.5) is 0 Å². The average Bonchev–Trinajstić information content (AvgIpc) is 2.76. The summed E-state index contributed by atoms with van der Waals surface area (Å²) in [6.07, 6.45) is 14.3. The second-order valence-electron chi connectivity index (χ2n) is 3.22. The summed E-state index contributed by atoms with van der Waals surface area (Å²) in [5.74, 6) is 0. The Morgan fingerprint density at radius 2 is 1.57 bits per heavy atom. The van der Waals surface area contributed by atoms with Gasteiger partial charge < -0.3 is 0 Å². The SMILES string of the molecule is ClOC(C1=CC=CC1)C1=CC=CC1.[Hf]. The molecule has 0 amide bonds. The van der Waals surface area contributed by atoms with Crippen LogP contribution in [0, 0.1) is 0 Å². The molecule has 0 N–H and O–H groups in total. The van der Waals surface area contributed by atoms with Crippen LogP contribution in [-0.2, 0) is 30.1 Å². The zero-order valence-electron chi connectivity index (χ0n) is 7.74. The van der Waals surface area contributed by atoms with Gasteiger partial charge in [-0.3, -0.25) is 4.29 Å². The van der Waals surface area contributed by atoms with Crippen molar-refractivity contribution in [1.82, 2.24) is 0 Å². The van der Waals surface area contributed by atoms with Gasteiger partial charge in [0, 0.05) is 25.8 Å². The van der Waals surface area contributed by atoms with E-state index >= 15 is 0 Å². The standard InChI is InChI=1S/C11H11ClO.Hf/c12-13-11(9-5-1-2-6-9)10-7-3-4-8-10;/h1-5,7,11H,6,8H2;. The Balaban J connectivity index is 0.000000980. The summed E-state index contributed by atoms with van der Waals surface area (Å²) in [6.45, 7) is 0. The molecule has 1 nitrogen and oxygen atoms in total. The molecule has 72 valence electrons. The Morgan fingerprint density at radius 1 is 1.07 bits per heavy atom. The van der Waals surface area contributed by atoms with Crippen molar-refractivity contribution in [3.8, 4) is 0 Å². The number of rotatable bonds is 3. The summed E-state index contributed by atoms with van der Waals surface area (Å²) in [4.78, 5) is 0. The molecule has 0 fully saturated rings. The second-order valence-corrected chi connectivity index (χ2v) is 3.40. The fourth-order valence-electron chi connectivity index (χ4n) is 1.67. The molecule has 3 heteroatoms. The first-order valence-corrected chi connectivity index (χ1v) is 4.71. The summed E-state index contributed by atoms with van der Waals surface area (Å²) in [7, 11) is 0. The van der Waals surface area contributed by atoms with Crippen LogP contribution in [0.5, 0.6) is 0 Å².